The van der Waals surface area contributed by atoms with Gasteiger partial charge in [-0.25, -0.2) is 0 Å². The maximum Gasteiger partial charge on any atom is 0.120 e. The molecule has 0 saturated carbocycles. The van der Waals surface area contributed by atoms with E-state index in [-0.39, 0.29) is 17.9 Å². The second kappa shape index (κ2) is 6.73. The molecule has 0 amide bonds. The fraction of sp³-hybridized carbons (Fsp3) is 0.571. The molecule has 4 nitrogen and oxygen atoms in total. The first-order valence-corrected chi connectivity index (χ1v) is 6.14. The topological polar surface area (TPSA) is 61.7 Å². The SMILES string of the molecule is COCC(C)(CCO)NCc1cc(C)ccc1O. The molecule has 0 aliphatic rings. The lowest BCUT2D eigenvalue weighted by atomic mass is 9.98. The summed E-state index contributed by atoms with van der Waals surface area (Å²) in [5, 5.41) is 22.2. The molecular formula is C14H23NO3. The number of hydrogen-bond acceptors (Lipinski definition) is 4. The Labute approximate surface area is 109 Å². The molecule has 1 atom stereocenters. The highest BCUT2D eigenvalue weighted by molar-refractivity contribution is 5.35. The quantitative estimate of drug-likeness (QED) is 0.690. The predicted octanol–water partition coefficient (Wildman–Crippen LogP) is 1.58. The molecule has 102 valence electrons. The van der Waals surface area contributed by atoms with Crippen molar-refractivity contribution in [2.45, 2.75) is 32.4 Å². The molecular weight excluding hydrogens is 230 g/mol. The molecule has 0 bridgehead atoms. The minimum absolute atomic E-state index is 0.104. The van der Waals surface area contributed by atoms with Gasteiger partial charge in [-0.05, 0) is 26.3 Å². The molecule has 1 aromatic rings. The normalized spacial score (nSPS) is 14.4. The molecule has 0 aromatic heterocycles. The van der Waals surface area contributed by atoms with E-state index in [4.69, 9.17) is 9.84 Å². The fourth-order valence-corrected chi connectivity index (χ4v) is 1.94. The summed E-state index contributed by atoms with van der Waals surface area (Å²) < 4.78 is 5.17. The van der Waals surface area contributed by atoms with Crippen LogP contribution >= 0.6 is 0 Å². The highest BCUT2D eigenvalue weighted by Gasteiger charge is 2.23. The summed E-state index contributed by atoms with van der Waals surface area (Å²) in [7, 11) is 1.64. The number of methoxy groups -OCH3 is 1. The number of benzene rings is 1. The predicted molar refractivity (Wildman–Crippen MR) is 71.7 cm³/mol. The monoisotopic (exact) mass is 253 g/mol. The van der Waals surface area contributed by atoms with Gasteiger partial charge in [-0.2, -0.15) is 0 Å². The number of aliphatic hydroxyl groups is 1. The van der Waals surface area contributed by atoms with Crippen LogP contribution in [-0.4, -0.2) is 36.1 Å². The van der Waals surface area contributed by atoms with Crippen molar-refractivity contribution in [2.75, 3.05) is 20.3 Å². The Morgan fingerprint density at radius 3 is 2.72 bits per heavy atom. The molecule has 1 aromatic carbocycles. The van der Waals surface area contributed by atoms with Gasteiger partial charge in [0.05, 0.1) is 6.61 Å². The molecule has 3 N–H and O–H groups in total. The lowest BCUT2D eigenvalue weighted by Gasteiger charge is -2.30. The molecule has 4 heteroatoms. The maximum absolute atomic E-state index is 9.77. The van der Waals surface area contributed by atoms with E-state index in [0.29, 0.717) is 19.6 Å². The van der Waals surface area contributed by atoms with Crippen LogP contribution in [0.15, 0.2) is 18.2 Å². The first-order chi connectivity index (χ1) is 8.50. The zero-order chi connectivity index (χ0) is 13.6. The number of rotatable bonds is 7. The summed E-state index contributed by atoms with van der Waals surface area (Å²) in [4.78, 5) is 0. The molecule has 0 aliphatic carbocycles. The van der Waals surface area contributed by atoms with Crippen LogP contribution in [0.1, 0.15) is 24.5 Å². The molecule has 1 rings (SSSR count). The number of ether oxygens (including phenoxy) is 1. The number of aryl methyl sites for hydroxylation is 1. The average molecular weight is 253 g/mol. The lowest BCUT2D eigenvalue weighted by molar-refractivity contribution is 0.0968. The second-order valence-electron chi connectivity index (χ2n) is 4.95. The van der Waals surface area contributed by atoms with Crippen molar-refractivity contribution < 1.29 is 14.9 Å². The Morgan fingerprint density at radius 1 is 1.39 bits per heavy atom. The van der Waals surface area contributed by atoms with E-state index in [1.165, 1.54) is 0 Å². The summed E-state index contributed by atoms with van der Waals surface area (Å²) in [6.07, 6.45) is 0.605. The fourth-order valence-electron chi connectivity index (χ4n) is 1.94. The molecule has 0 aliphatic heterocycles. The minimum Gasteiger partial charge on any atom is -0.508 e. The summed E-state index contributed by atoms with van der Waals surface area (Å²) in [5.41, 5.74) is 1.68. The average Bonchev–Trinajstić information content (AvgIpc) is 2.31. The van der Waals surface area contributed by atoms with E-state index in [2.05, 4.69) is 5.32 Å². The van der Waals surface area contributed by atoms with Gasteiger partial charge < -0.3 is 20.3 Å². The van der Waals surface area contributed by atoms with Gasteiger partial charge in [-0.15, -0.1) is 0 Å². The molecule has 1 unspecified atom stereocenters. The van der Waals surface area contributed by atoms with Crippen molar-refractivity contribution in [3.63, 3.8) is 0 Å². The van der Waals surface area contributed by atoms with Crippen LogP contribution in [0.5, 0.6) is 5.75 Å². The van der Waals surface area contributed by atoms with Gasteiger partial charge in [-0.3, -0.25) is 0 Å². The summed E-state index contributed by atoms with van der Waals surface area (Å²) in [6, 6.07) is 5.53. The van der Waals surface area contributed by atoms with Crippen molar-refractivity contribution in [3.05, 3.63) is 29.3 Å². The minimum atomic E-state index is -0.292. The van der Waals surface area contributed by atoms with Crippen molar-refractivity contribution in [3.8, 4) is 5.75 Å². The summed E-state index contributed by atoms with van der Waals surface area (Å²) in [6.45, 7) is 5.16. The first kappa shape index (κ1) is 15.0. The summed E-state index contributed by atoms with van der Waals surface area (Å²) in [5.74, 6) is 0.289. The van der Waals surface area contributed by atoms with Crippen molar-refractivity contribution >= 4 is 0 Å². The van der Waals surface area contributed by atoms with Crippen molar-refractivity contribution in [1.82, 2.24) is 5.32 Å². The van der Waals surface area contributed by atoms with Gasteiger partial charge in [0, 0.05) is 31.4 Å². The summed E-state index contributed by atoms with van der Waals surface area (Å²) >= 11 is 0. The highest BCUT2D eigenvalue weighted by Crippen LogP contribution is 2.19. The van der Waals surface area contributed by atoms with Gasteiger partial charge >= 0.3 is 0 Å². The Kier molecular flexibility index (Phi) is 5.59. The van der Waals surface area contributed by atoms with Crippen LogP contribution in [-0.2, 0) is 11.3 Å². The number of phenols is 1. The Hall–Kier alpha value is -1.10. The van der Waals surface area contributed by atoms with Crippen LogP contribution < -0.4 is 5.32 Å². The van der Waals surface area contributed by atoms with Gasteiger partial charge in [0.1, 0.15) is 5.75 Å². The third-order valence-corrected chi connectivity index (χ3v) is 3.07. The molecule has 0 spiro atoms. The van der Waals surface area contributed by atoms with Crippen LogP contribution in [0.3, 0.4) is 0 Å². The zero-order valence-electron chi connectivity index (χ0n) is 11.4. The number of aliphatic hydroxyl groups excluding tert-OH is 1. The Balaban J connectivity index is 2.69. The van der Waals surface area contributed by atoms with Crippen LogP contribution in [0.2, 0.25) is 0 Å². The second-order valence-corrected chi connectivity index (χ2v) is 4.95. The van der Waals surface area contributed by atoms with Gasteiger partial charge in [0.25, 0.3) is 0 Å². The van der Waals surface area contributed by atoms with Crippen LogP contribution in [0, 0.1) is 6.92 Å². The number of hydrogen-bond donors (Lipinski definition) is 3. The van der Waals surface area contributed by atoms with E-state index in [0.717, 1.165) is 11.1 Å². The van der Waals surface area contributed by atoms with Crippen molar-refractivity contribution in [2.24, 2.45) is 0 Å². The highest BCUT2D eigenvalue weighted by atomic mass is 16.5. The molecule has 0 heterocycles. The van der Waals surface area contributed by atoms with Crippen molar-refractivity contribution in [1.29, 1.82) is 0 Å². The first-order valence-electron chi connectivity index (χ1n) is 6.14. The smallest absolute Gasteiger partial charge is 0.120 e. The molecule has 0 saturated heterocycles. The maximum atomic E-state index is 9.77. The largest absolute Gasteiger partial charge is 0.508 e. The zero-order valence-corrected chi connectivity index (χ0v) is 11.4. The van der Waals surface area contributed by atoms with E-state index >= 15 is 0 Å². The van der Waals surface area contributed by atoms with Gasteiger partial charge in [-0.1, -0.05) is 17.7 Å². The van der Waals surface area contributed by atoms with Gasteiger partial charge in [0.2, 0.25) is 0 Å². The van der Waals surface area contributed by atoms with Crippen LogP contribution in [0.4, 0.5) is 0 Å². The number of nitrogens with one attached hydrogen (secondary N) is 1. The lowest BCUT2D eigenvalue weighted by Crippen LogP contribution is -2.46. The molecule has 0 fully saturated rings. The molecule has 0 radical (unpaired) electrons. The van der Waals surface area contributed by atoms with Gasteiger partial charge in [0.15, 0.2) is 0 Å². The Morgan fingerprint density at radius 2 is 2.11 bits per heavy atom. The number of phenolic OH excluding ortho intramolecular Hbond substituents is 1. The van der Waals surface area contributed by atoms with E-state index in [1.807, 2.05) is 26.0 Å². The third kappa shape index (κ3) is 4.29. The third-order valence-electron chi connectivity index (χ3n) is 3.07. The van der Waals surface area contributed by atoms with Crippen LogP contribution in [0.25, 0.3) is 0 Å². The number of aromatic hydroxyl groups is 1. The molecule has 18 heavy (non-hydrogen) atoms. The Bertz CT molecular complexity index is 373. The van der Waals surface area contributed by atoms with E-state index < -0.39 is 0 Å². The van der Waals surface area contributed by atoms with E-state index in [1.54, 1.807) is 13.2 Å². The van der Waals surface area contributed by atoms with E-state index in [9.17, 15) is 5.11 Å². The standard InChI is InChI=1S/C14H23NO3/c1-11-4-5-13(17)12(8-11)9-15-14(2,6-7-16)10-18-3/h4-5,8,15-17H,6-7,9-10H2,1-3H3.